The minimum absolute atomic E-state index is 0.295. The normalized spacial score (nSPS) is 22.5. The lowest BCUT2D eigenvalue weighted by atomic mass is 10.0. The first-order chi connectivity index (χ1) is 16.8. The van der Waals surface area contributed by atoms with Gasteiger partial charge in [-0.05, 0) is 62.0 Å². The van der Waals surface area contributed by atoms with Crippen molar-refractivity contribution in [3.63, 3.8) is 0 Å². The highest BCUT2D eigenvalue weighted by atomic mass is 19.4. The molecule has 0 spiro atoms. The molecule has 1 N–H and O–H groups in total. The van der Waals surface area contributed by atoms with Crippen molar-refractivity contribution in [2.24, 2.45) is 11.8 Å². The first-order valence-corrected chi connectivity index (χ1v) is 12.7. The van der Waals surface area contributed by atoms with Crippen LogP contribution in [0.4, 0.5) is 18.9 Å². The molecule has 6 nitrogen and oxygen atoms in total. The summed E-state index contributed by atoms with van der Waals surface area (Å²) in [7, 11) is 1.64. The molecule has 1 saturated heterocycles. The second-order valence-corrected chi connectivity index (χ2v) is 10.2. The second kappa shape index (κ2) is 10.0. The standard InChI is InChI=1S/C26H34F3N3O3/c1-16-10-19-21(11-16)31-22-13-24(23(33-2)12-20(22)25(19)30-14-17-4-5-17)34-9-3-7-32-8-6-18(15-32)35-26(27,28)29/h12-13,16-18H,3-11,14-15H2,1-2H3,(H,30,31). The van der Waals surface area contributed by atoms with Gasteiger partial charge in [0, 0.05) is 49.0 Å². The van der Waals surface area contributed by atoms with E-state index >= 15 is 0 Å². The van der Waals surface area contributed by atoms with Gasteiger partial charge >= 0.3 is 6.36 Å². The smallest absolute Gasteiger partial charge is 0.493 e. The van der Waals surface area contributed by atoms with Crippen molar-refractivity contribution < 1.29 is 27.4 Å². The predicted molar refractivity (Wildman–Crippen MR) is 128 cm³/mol. The topological polar surface area (TPSA) is 55.8 Å². The molecule has 0 amide bonds. The Morgan fingerprint density at radius 3 is 2.71 bits per heavy atom. The number of likely N-dealkylation sites (tertiary alicyclic amines) is 1. The Bertz CT molecular complexity index is 1060. The van der Waals surface area contributed by atoms with Gasteiger partial charge in [0.05, 0.1) is 25.3 Å². The van der Waals surface area contributed by atoms with Crippen LogP contribution in [0.15, 0.2) is 12.1 Å². The Balaban J connectivity index is 1.25. The van der Waals surface area contributed by atoms with Crippen molar-refractivity contribution in [1.82, 2.24) is 9.88 Å². The van der Waals surface area contributed by atoms with Crippen molar-refractivity contribution in [3.8, 4) is 11.5 Å². The molecule has 1 aromatic carbocycles. The molecule has 1 saturated carbocycles. The van der Waals surface area contributed by atoms with Crippen LogP contribution in [0.2, 0.25) is 0 Å². The Kier molecular flexibility index (Phi) is 6.99. The zero-order chi connectivity index (χ0) is 24.6. The number of hydrogen-bond donors (Lipinski definition) is 1. The minimum atomic E-state index is -4.57. The summed E-state index contributed by atoms with van der Waals surface area (Å²) in [4.78, 5) is 6.97. The molecule has 1 aromatic heterocycles. The quantitative estimate of drug-likeness (QED) is 0.461. The highest BCUT2D eigenvalue weighted by Gasteiger charge is 2.36. The van der Waals surface area contributed by atoms with Crippen LogP contribution in [0.1, 0.15) is 43.9 Å². The number of pyridine rings is 1. The Labute approximate surface area is 204 Å². The van der Waals surface area contributed by atoms with Crippen LogP contribution in [0.3, 0.4) is 0 Å². The van der Waals surface area contributed by atoms with E-state index in [9.17, 15) is 13.2 Å². The van der Waals surface area contributed by atoms with E-state index in [1.807, 2.05) is 17.0 Å². The highest BCUT2D eigenvalue weighted by molar-refractivity contribution is 5.96. The number of alkyl halides is 3. The van der Waals surface area contributed by atoms with Gasteiger partial charge in [-0.25, -0.2) is 0 Å². The third-order valence-electron chi connectivity index (χ3n) is 7.22. The highest BCUT2D eigenvalue weighted by Crippen LogP contribution is 2.41. The number of nitrogens with zero attached hydrogens (tertiary/aromatic N) is 2. The van der Waals surface area contributed by atoms with Gasteiger partial charge in [-0.2, -0.15) is 0 Å². The van der Waals surface area contributed by atoms with E-state index in [4.69, 9.17) is 14.5 Å². The number of fused-ring (bicyclic) bond motifs is 2. The summed E-state index contributed by atoms with van der Waals surface area (Å²) in [6.07, 6.45) is 0.350. The maximum atomic E-state index is 12.4. The molecule has 2 heterocycles. The van der Waals surface area contributed by atoms with Crippen LogP contribution in [0, 0.1) is 11.8 Å². The van der Waals surface area contributed by atoms with Crippen molar-refractivity contribution >= 4 is 16.6 Å². The van der Waals surface area contributed by atoms with E-state index in [1.54, 1.807) is 7.11 Å². The van der Waals surface area contributed by atoms with Crippen LogP contribution in [0.25, 0.3) is 10.9 Å². The molecular formula is C26H34F3N3O3. The fourth-order valence-corrected chi connectivity index (χ4v) is 5.30. The molecule has 3 aliphatic rings. The molecule has 2 fully saturated rings. The fourth-order valence-electron chi connectivity index (χ4n) is 5.30. The van der Waals surface area contributed by atoms with Gasteiger partial charge < -0.3 is 19.7 Å². The maximum absolute atomic E-state index is 12.4. The Hall–Kier alpha value is -2.26. The summed E-state index contributed by atoms with van der Waals surface area (Å²) in [5, 5.41) is 4.79. The average Bonchev–Trinajstić information content (AvgIpc) is 3.41. The first kappa shape index (κ1) is 24.4. The van der Waals surface area contributed by atoms with Crippen LogP contribution >= 0.6 is 0 Å². The molecule has 2 unspecified atom stereocenters. The van der Waals surface area contributed by atoms with Crippen LogP contribution < -0.4 is 14.8 Å². The van der Waals surface area contributed by atoms with Gasteiger partial charge in [0.2, 0.25) is 0 Å². The summed E-state index contributed by atoms with van der Waals surface area (Å²) in [6, 6.07) is 3.98. The first-order valence-electron chi connectivity index (χ1n) is 12.7. The maximum Gasteiger partial charge on any atom is 0.522 e. The van der Waals surface area contributed by atoms with Crippen molar-refractivity contribution in [1.29, 1.82) is 0 Å². The van der Waals surface area contributed by atoms with E-state index in [0.29, 0.717) is 56.5 Å². The van der Waals surface area contributed by atoms with Gasteiger partial charge in [-0.15, -0.1) is 13.2 Å². The number of ether oxygens (including phenoxy) is 3. The zero-order valence-electron chi connectivity index (χ0n) is 20.4. The summed E-state index contributed by atoms with van der Waals surface area (Å²) in [5.74, 6) is 2.66. The monoisotopic (exact) mass is 493 g/mol. The third kappa shape index (κ3) is 5.94. The number of hydrogen-bond acceptors (Lipinski definition) is 6. The zero-order valence-corrected chi connectivity index (χ0v) is 20.4. The van der Waals surface area contributed by atoms with Crippen LogP contribution in [0.5, 0.6) is 11.5 Å². The third-order valence-corrected chi connectivity index (χ3v) is 7.22. The van der Waals surface area contributed by atoms with Gasteiger partial charge in [-0.1, -0.05) is 6.92 Å². The van der Waals surface area contributed by atoms with E-state index in [0.717, 1.165) is 36.2 Å². The van der Waals surface area contributed by atoms with E-state index in [2.05, 4.69) is 17.0 Å². The lowest BCUT2D eigenvalue weighted by molar-refractivity contribution is -0.340. The van der Waals surface area contributed by atoms with Gasteiger partial charge in [0.1, 0.15) is 0 Å². The molecule has 0 radical (unpaired) electrons. The molecule has 5 rings (SSSR count). The number of halogens is 3. The molecule has 2 aliphatic carbocycles. The molecule has 2 atom stereocenters. The number of rotatable bonds is 10. The number of nitrogens with one attached hydrogen (secondary N) is 1. The SMILES string of the molecule is COc1cc2c(NCC3CC3)c3c(nc2cc1OCCCN1CCC(OC(F)(F)F)C1)CC(C)C3. The summed E-state index contributed by atoms with van der Waals surface area (Å²) >= 11 is 0. The van der Waals surface area contributed by atoms with E-state index in [1.165, 1.54) is 29.8 Å². The summed E-state index contributed by atoms with van der Waals surface area (Å²) in [5.41, 5.74) is 4.60. The van der Waals surface area contributed by atoms with E-state index in [-0.39, 0.29) is 0 Å². The van der Waals surface area contributed by atoms with Crippen molar-refractivity contribution in [2.75, 3.05) is 45.2 Å². The lowest BCUT2D eigenvalue weighted by Crippen LogP contribution is -2.29. The molecular weight excluding hydrogens is 459 g/mol. The average molecular weight is 494 g/mol. The number of aromatic nitrogens is 1. The summed E-state index contributed by atoms with van der Waals surface area (Å²) in [6.45, 7) is 5.26. The number of methoxy groups -OCH3 is 1. The van der Waals surface area contributed by atoms with Crippen molar-refractivity contribution in [2.45, 2.75) is 57.9 Å². The van der Waals surface area contributed by atoms with Crippen LogP contribution in [-0.2, 0) is 17.6 Å². The molecule has 35 heavy (non-hydrogen) atoms. The van der Waals surface area contributed by atoms with Gasteiger partial charge in [0.25, 0.3) is 0 Å². The Morgan fingerprint density at radius 1 is 1.14 bits per heavy atom. The fraction of sp³-hybridized carbons (Fsp3) is 0.654. The molecule has 192 valence electrons. The second-order valence-electron chi connectivity index (χ2n) is 10.2. The minimum Gasteiger partial charge on any atom is -0.493 e. The molecule has 1 aliphatic heterocycles. The predicted octanol–water partition coefficient (Wildman–Crippen LogP) is 5.18. The van der Waals surface area contributed by atoms with Gasteiger partial charge in [-0.3, -0.25) is 9.72 Å². The van der Waals surface area contributed by atoms with Crippen molar-refractivity contribution in [3.05, 3.63) is 23.4 Å². The van der Waals surface area contributed by atoms with Crippen LogP contribution in [-0.4, -0.2) is 62.2 Å². The van der Waals surface area contributed by atoms with E-state index < -0.39 is 12.5 Å². The largest absolute Gasteiger partial charge is 0.522 e. The lowest BCUT2D eigenvalue weighted by Gasteiger charge is -2.19. The molecule has 9 heteroatoms. The number of benzene rings is 1. The summed E-state index contributed by atoms with van der Waals surface area (Å²) < 4.78 is 53.2. The number of anilines is 1. The van der Waals surface area contributed by atoms with Gasteiger partial charge in [0.15, 0.2) is 11.5 Å². The Morgan fingerprint density at radius 2 is 1.97 bits per heavy atom. The molecule has 2 aromatic rings. The molecule has 0 bridgehead atoms.